The molecule has 0 radical (unpaired) electrons. The van der Waals surface area contributed by atoms with Crippen molar-refractivity contribution >= 4 is 11.6 Å². The number of phenolic OH excluding ortho intramolecular Hbond substituents is 1. The maximum absolute atomic E-state index is 11.7. The van der Waals surface area contributed by atoms with Gasteiger partial charge in [-0.1, -0.05) is 6.07 Å². The molecule has 1 heterocycles. The molecule has 2 rings (SSSR count). The van der Waals surface area contributed by atoms with Crippen LogP contribution in [0.2, 0.25) is 0 Å². The van der Waals surface area contributed by atoms with E-state index in [1.165, 1.54) is 12.8 Å². The van der Waals surface area contributed by atoms with Gasteiger partial charge in [0.15, 0.2) is 0 Å². The van der Waals surface area contributed by atoms with Gasteiger partial charge in [-0.2, -0.15) is 0 Å². The fourth-order valence-corrected chi connectivity index (χ4v) is 2.12. The first-order valence-electron chi connectivity index (χ1n) is 6.06. The summed E-state index contributed by atoms with van der Waals surface area (Å²) in [6.07, 6.45) is 3.77. The number of hydrogen-bond acceptors (Lipinski definition) is 3. The minimum absolute atomic E-state index is 0.00398. The number of carbonyl (C=O) groups is 1. The summed E-state index contributed by atoms with van der Waals surface area (Å²) < 4.78 is 0. The SMILES string of the molecule is O=C(CCC1CCCN1)Nc1cccc(O)c1. The van der Waals surface area contributed by atoms with E-state index in [0.29, 0.717) is 18.2 Å². The molecule has 1 amide bonds. The van der Waals surface area contributed by atoms with E-state index in [4.69, 9.17) is 0 Å². The van der Waals surface area contributed by atoms with Gasteiger partial charge in [-0.25, -0.2) is 0 Å². The number of carbonyl (C=O) groups excluding carboxylic acids is 1. The molecule has 1 unspecified atom stereocenters. The maximum Gasteiger partial charge on any atom is 0.224 e. The second-order valence-corrected chi connectivity index (χ2v) is 4.43. The topological polar surface area (TPSA) is 61.4 Å². The normalized spacial score (nSPS) is 19.2. The van der Waals surface area contributed by atoms with Crippen LogP contribution < -0.4 is 10.6 Å². The highest BCUT2D eigenvalue weighted by molar-refractivity contribution is 5.90. The van der Waals surface area contributed by atoms with Crippen molar-refractivity contribution in [2.45, 2.75) is 31.7 Å². The summed E-state index contributed by atoms with van der Waals surface area (Å²) in [5.74, 6) is 0.171. The van der Waals surface area contributed by atoms with E-state index in [0.717, 1.165) is 13.0 Å². The third kappa shape index (κ3) is 3.75. The van der Waals surface area contributed by atoms with Gasteiger partial charge in [0.2, 0.25) is 5.91 Å². The van der Waals surface area contributed by atoms with E-state index < -0.39 is 0 Å². The minimum Gasteiger partial charge on any atom is -0.508 e. The van der Waals surface area contributed by atoms with Crippen molar-refractivity contribution in [2.24, 2.45) is 0 Å². The number of aromatic hydroxyl groups is 1. The first kappa shape index (κ1) is 11.9. The van der Waals surface area contributed by atoms with Gasteiger partial charge in [-0.05, 0) is 37.9 Å². The number of amides is 1. The molecule has 1 atom stereocenters. The Hall–Kier alpha value is -1.55. The zero-order chi connectivity index (χ0) is 12.1. The van der Waals surface area contributed by atoms with Crippen molar-refractivity contribution in [3.63, 3.8) is 0 Å². The van der Waals surface area contributed by atoms with Gasteiger partial charge < -0.3 is 15.7 Å². The molecular weight excluding hydrogens is 216 g/mol. The van der Waals surface area contributed by atoms with Crippen molar-refractivity contribution in [2.75, 3.05) is 11.9 Å². The van der Waals surface area contributed by atoms with Crippen molar-refractivity contribution in [1.29, 1.82) is 0 Å². The van der Waals surface area contributed by atoms with Gasteiger partial charge >= 0.3 is 0 Å². The van der Waals surface area contributed by atoms with E-state index in [1.807, 2.05) is 0 Å². The summed E-state index contributed by atoms with van der Waals surface area (Å²) in [7, 11) is 0. The maximum atomic E-state index is 11.7. The van der Waals surface area contributed by atoms with Gasteiger partial charge in [-0.3, -0.25) is 4.79 Å². The molecule has 4 nitrogen and oxygen atoms in total. The summed E-state index contributed by atoms with van der Waals surface area (Å²) in [5.41, 5.74) is 0.648. The van der Waals surface area contributed by atoms with Crippen molar-refractivity contribution in [1.82, 2.24) is 5.32 Å². The third-order valence-corrected chi connectivity index (χ3v) is 3.01. The quantitative estimate of drug-likeness (QED) is 0.745. The van der Waals surface area contributed by atoms with Gasteiger partial charge in [-0.15, -0.1) is 0 Å². The molecule has 1 fully saturated rings. The monoisotopic (exact) mass is 234 g/mol. The Bertz CT molecular complexity index is 387. The average molecular weight is 234 g/mol. The second-order valence-electron chi connectivity index (χ2n) is 4.43. The zero-order valence-corrected chi connectivity index (χ0v) is 9.78. The minimum atomic E-state index is 0.00398. The molecule has 17 heavy (non-hydrogen) atoms. The van der Waals surface area contributed by atoms with Crippen LogP contribution in [0, 0.1) is 0 Å². The van der Waals surface area contributed by atoms with Gasteiger partial charge in [0.1, 0.15) is 5.75 Å². The van der Waals surface area contributed by atoms with E-state index in [2.05, 4.69) is 10.6 Å². The lowest BCUT2D eigenvalue weighted by Crippen LogP contribution is -2.23. The summed E-state index contributed by atoms with van der Waals surface area (Å²) >= 11 is 0. The fourth-order valence-electron chi connectivity index (χ4n) is 2.12. The van der Waals surface area contributed by atoms with E-state index >= 15 is 0 Å². The standard InChI is InChI=1S/C13H18N2O2/c16-12-5-1-3-11(9-12)15-13(17)7-6-10-4-2-8-14-10/h1,3,5,9-10,14,16H,2,4,6-8H2,(H,15,17). The molecule has 1 aliphatic heterocycles. The van der Waals surface area contributed by atoms with Crippen LogP contribution in [-0.2, 0) is 4.79 Å². The molecule has 1 aliphatic rings. The highest BCUT2D eigenvalue weighted by Crippen LogP contribution is 2.16. The smallest absolute Gasteiger partial charge is 0.224 e. The Morgan fingerprint density at radius 2 is 2.41 bits per heavy atom. The summed E-state index contributed by atoms with van der Waals surface area (Å²) in [6, 6.07) is 7.10. The largest absolute Gasteiger partial charge is 0.508 e. The molecule has 0 saturated carbocycles. The number of nitrogens with one attached hydrogen (secondary N) is 2. The van der Waals surface area contributed by atoms with Crippen LogP contribution in [0.4, 0.5) is 5.69 Å². The molecule has 92 valence electrons. The molecule has 0 spiro atoms. The van der Waals surface area contributed by atoms with Crippen LogP contribution >= 0.6 is 0 Å². The van der Waals surface area contributed by atoms with Crippen LogP contribution in [0.25, 0.3) is 0 Å². The molecule has 1 saturated heterocycles. The Balaban J connectivity index is 1.76. The molecule has 1 aromatic carbocycles. The highest BCUT2D eigenvalue weighted by Gasteiger charge is 2.15. The predicted octanol–water partition coefficient (Wildman–Crippen LogP) is 1.86. The summed E-state index contributed by atoms with van der Waals surface area (Å²) in [6.45, 7) is 1.07. The molecule has 1 aromatic rings. The van der Waals surface area contributed by atoms with E-state index in [9.17, 15) is 9.90 Å². The van der Waals surface area contributed by atoms with Gasteiger partial charge in [0.05, 0.1) is 0 Å². The van der Waals surface area contributed by atoms with Gasteiger partial charge in [0.25, 0.3) is 0 Å². The number of hydrogen-bond donors (Lipinski definition) is 3. The van der Waals surface area contributed by atoms with E-state index in [1.54, 1.807) is 24.3 Å². The lowest BCUT2D eigenvalue weighted by atomic mass is 10.1. The van der Waals surface area contributed by atoms with Gasteiger partial charge in [0, 0.05) is 24.2 Å². The van der Waals surface area contributed by atoms with Crippen LogP contribution in [0.5, 0.6) is 5.75 Å². The second kappa shape index (κ2) is 5.68. The van der Waals surface area contributed by atoms with Crippen LogP contribution in [0.3, 0.4) is 0 Å². The molecule has 0 aliphatic carbocycles. The number of phenols is 1. The van der Waals surface area contributed by atoms with Crippen LogP contribution in [0.1, 0.15) is 25.7 Å². The first-order valence-corrected chi connectivity index (χ1v) is 6.06. The van der Waals surface area contributed by atoms with Crippen LogP contribution in [0.15, 0.2) is 24.3 Å². The fraction of sp³-hybridized carbons (Fsp3) is 0.462. The molecule has 0 aromatic heterocycles. The lowest BCUT2D eigenvalue weighted by Gasteiger charge is -2.10. The molecule has 4 heteroatoms. The molecule has 0 bridgehead atoms. The number of benzene rings is 1. The lowest BCUT2D eigenvalue weighted by molar-refractivity contribution is -0.116. The van der Waals surface area contributed by atoms with Crippen LogP contribution in [-0.4, -0.2) is 23.6 Å². The Morgan fingerprint density at radius 3 is 3.12 bits per heavy atom. The van der Waals surface area contributed by atoms with Crippen molar-refractivity contribution in [3.05, 3.63) is 24.3 Å². The molecular formula is C13H18N2O2. The van der Waals surface area contributed by atoms with E-state index in [-0.39, 0.29) is 11.7 Å². The molecule has 3 N–H and O–H groups in total. The first-order chi connectivity index (χ1) is 8.24. The van der Waals surface area contributed by atoms with Crippen molar-refractivity contribution < 1.29 is 9.90 Å². The Labute approximate surface area is 101 Å². The Kier molecular flexibility index (Phi) is 3.98. The summed E-state index contributed by atoms with van der Waals surface area (Å²) in [5, 5.41) is 15.4. The summed E-state index contributed by atoms with van der Waals surface area (Å²) in [4.78, 5) is 11.7. The number of rotatable bonds is 4. The number of anilines is 1. The Morgan fingerprint density at radius 1 is 1.53 bits per heavy atom. The zero-order valence-electron chi connectivity index (χ0n) is 9.78. The average Bonchev–Trinajstić information content (AvgIpc) is 2.79. The van der Waals surface area contributed by atoms with Crippen molar-refractivity contribution in [3.8, 4) is 5.75 Å². The third-order valence-electron chi connectivity index (χ3n) is 3.01. The predicted molar refractivity (Wildman–Crippen MR) is 67.0 cm³/mol. The highest BCUT2D eigenvalue weighted by atomic mass is 16.3.